The number of hydrogen-bond acceptors (Lipinski definition) is 6. The molecule has 2 aromatic heterocycles. The molecule has 0 spiro atoms. The Bertz CT molecular complexity index is 1030. The lowest BCUT2D eigenvalue weighted by Crippen LogP contribution is -2.32. The topological polar surface area (TPSA) is 119 Å². The number of aliphatic hydroxyl groups excluding tert-OH is 1. The average Bonchev–Trinajstić information content (AvgIpc) is 3.09. The molecule has 0 bridgehead atoms. The number of halogens is 3. The normalized spacial score (nSPS) is 12.6. The van der Waals surface area contributed by atoms with Gasteiger partial charge in [-0.1, -0.05) is 6.07 Å². The lowest BCUT2D eigenvalue weighted by molar-refractivity contribution is -0.141. The Balaban J connectivity index is 1.84. The minimum absolute atomic E-state index is 0.0929. The fourth-order valence-electron chi connectivity index (χ4n) is 2.61. The Morgan fingerprint density at radius 2 is 2.07 bits per heavy atom. The first-order valence-electron chi connectivity index (χ1n) is 8.41. The number of aliphatic hydroxyl groups is 1. The number of hydrogen-bond donors (Lipinski definition) is 3. The smallest absolute Gasteiger partial charge is 0.381 e. The van der Waals surface area contributed by atoms with E-state index in [9.17, 15) is 23.1 Å². The first-order chi connectivity index (χ1) is 13.6. The van der Waals surface area contributed by atoms with Crippen LogP contribution in [0.1, 0.15) is 11.3 Å². The number of nitrogens with two attached hydrogens (primary N) is 1. The van der Waals surface area contributed by atoms with Crippen molar-refractivity contribution in [3.05, 3.63) is 54.1 Å². The first-order valence-corrected chi connectivity index (χ1v) is 8.41. The van der Waals surface area contributed by atoms with Gasteiger partial charge < -0.3 is 16.2 Å². The molecule has 0 aliphatic heterocycles. The van der Waals surface area contributed by atoms with Crippen molar-refractivity contribution >= 4 is 17.5 Å². The monoisotopic (exact) mass is 406 g/mol. The van der Waals surface area contributed by atoms with Crippen molar-refractivity contribution in [3.8, 4) is 11.1 Å². The predicted molar refractivity (Wildman–Crippen MR) is 97.9 cm³/mol. The Morgan fingerprint density at radius 3 is 2.76 bits per heavy atom. The molecule has 3 aromatic rings. The third kappa shape index (κ3) is 5.08. The van der Waals surface area contributed by atoms with Gasteiger partial charge >= 0.3 is 6.18 Å². The highest BCUT2D eigenvalue weighted by molar-refractivity contribution is 5.78. The van der Waals surface area contributed by atoms with Crippen LogP contribution in [0.25, 0.3) is 11.1 Å². The molecule has 1 aromatic carbocycles. The third-order valence-electron chi connectivity index (χ3n) is 3.93. The number of nitrogens with one attached hydrogen (secondary N) is 1. The number of anilines is 2. The molecule has 1 atom stereocenters. The molecule has 0 fully saturated rings. The molecular weight excluding hydrogens is 389 g/mol. The number of carbonyl (C=O) groups excluding carboxylic acids is 1. The molecular formula is C18H17F3N6O2. The fraction of sp³-hybridized carbons (Fsp3) is 0.222. The van der Waals surface area contributed by atoms with E-state index >= 15 is 0 Å². The number of carbonyl (C=O) groups is 1. The quantitative estimate of drug-likeness (QED) is 0.578. The fourth-order valence-corrected chi connectivity index (χ4v) is 2.61. The van der Waals surface area contributed by atoms with Gasteiger partial charge in [-0.3, -0.25) is 9.48 Å². The molecule has 0 aliphatic rings. The second-order valence-corrected chi connectivity index (χ2v) is 6.35. The highest BCUT2D eigenvalue weighted by Crippen LogP contribution is 2.29. The van der Waals surface area contributed by atoms with E-state index in [4.69, 9.17) is 5.73 Å². The maximum atomic E-state index is 12.8. The van der Waals surface area contributed by atoms with Gasteiger partial charge in [0.1, 0.15) is 5.69 Å². The lowest BCUT2D eigenvalue weighted by atomic mass is 10.1. The second kappa shape index (κ2) is 7.87. The predicted octanol–water partition coefficient (Wildman–Crippen LogP) is 2.26. The summed E-state index contributed by atoms with van der Waals surface area (Å²) in [5, 5.41) is 16.4. The molecule has 0 radical (unpaired) electrons. The summed E-state index contributed by atoms with van der Waals surface area (Å²) in [5.41, 5.74) is 6.71. The van der Waals surface area contributed by atoms with Gasteiger partial charge in [0.25, 0.3) is 0 Å². The zero-order valence-corrected chi connectivity index (χ0v) is 15.2. The van der Waals surface area contributed by atoms with Gasteiger partial charge in [0.2, 0.25) is 11.9 Å². The molecule has 11 heteroatoms. The van der Waals surface area contributed by atoms with E-state index in [2.05, 4.69) is 20.4 Å². The number of primary amides is 1. The van der Waals surface area contributed by atoms with Crippen LogP contribution in [-0.2, 0) is 17.5 Å². The number of aryl methyl sites for hydroxylation is 1. The largest absolute Gasteiger partial charge is 0.433 e. The van der Waals surface area contributed by atoms with Crippen LogP contribution in [0.2, 0.25) is 0 Å². The Labute approximate surface area is 163 Å². The van der Waals surface area contributed by atoms with Crippen LogP contribution < -0.4 is 11.1 Å². The third-order valence-corrected chi connectivity index (χ3v) is 3.93. The average molecular weight is 406 g/mol. The zero-order chi connectivity index (χ0) is 21.2. The van der Waals surface area contributed by atoms with Crippen molar-refractivity contribution in [1.29, 1.82) is 0 Å². The molecule has 1 amide bonds. The van der Waals surface area contributed by atoms with Crippen LogP contribution in [0.4, 0.5) is 24.8 Å². The summed E-state index contributed by atoms with van der Waals surface area (Å²) in [6.07, 6.45) is -1.75. The number of benzene rings is 1. The van der Waals surface area contributed by atoms with Crippen LogP contribution in [0.15, 0.2) is 42.9 Å². The van der Waals surface area contributed by atoms with E-state index < -0.39 is 23.9 Å². The van der Waals surface area contributed by atoms with E-state index in [1.54, 1.807) is 18.3 Å². The summed E-state index contributed by atoms with van der Waals surface area (Å²) in [6.45, 7) is 1.73. The summed E-state index contributed by atoms with van der Waals surface area (Å²) in [6, 6.07) is 6.07. The molecule has 29 heavy (non-hydrogen) atoms. The van der Waals surface area contributed by atoms with Crippen molar-refractivity contribution < 1.29 is 23.1 Å². The van der Waals surface area contributed by atoms with Crippen LogP contribution in [0, 0.1) is 6.92 Å². The molecule has 0 unspecified atom stereocenters. The number of alkyl halides is 3. The summed E-state index contributed by atoms with van der Waals surface area (Å²) in [5.74, 6) is -1.04. The highest BCUT2D eigenvalue weighted by atomic mass is 19.4. The van der Waals surface area contributed by atoms with Crippen molar-refractivity contribution in [3.63, 3.8) is 0 Å². The van der Waals surface area contributed by atoms with Gasteiger partial charge in [0.15, 0.2) is 6.10 Å². The van der Waals surface area contributed by atoms with E-state index in [-0.39, 0.29) is 12.5 Å². The summed E-state index contributed by atoms with van der Waals surface area (Å²) >= 11 is 0. The van der Waals surface area contributed by atoms with Gasteiger partial charge in [-0.25, -0.2) is 9.97 Å². The van der Waals surface area contributed by atoms with E-state index in [0.717, 1.165) is 23.4 Å². The zero-order valence-electron chi connectivity index (χ0n) is 15.2. The van der Waals surface area contributed by atoms with Crippen LogP contribution >= 0.6 is 0 Å². The molecule has 2 heterocycles. The van der Waals surface area contributed by atoms with Gasteiger partial charge in [-0.05, 0) is 36.2 Å². The van der Waals surface area contributed by atoms with Gasteiger partial charge in [-0.15, -0.1) is 0 Å². The van der Waals surface area contributed by atoms with Gasteiger partial charge in [-0.2, -0.15) is 18.3 Å². The van der Waals surface area contributed by atoms with Crippen LogP contribution in [-0.4, -0.2) is 36.9 Å². The van der Waals surface area contributed by atoms with Crippen LogP contribution in [0.5, 0.6) is 0 Å². The van der Waals surface area contributed by atoms with E-state index in [1.165, 1.54) is 10.9 Å². The van der Waals surface area contributed by atoms with E-state index in [1.807, 2.05) is 13.0 Å². The Hall–Kier alpha value is -3.47. The SMILES string of the molecule is Cc1cc(Nc2nccc(C(F)(F)F)n2)cc(-c2cnn(C[C@H](O)C(N)=O)c2)c1. The first kappa shape index (κ1) is 20.3. The maximum Gasteiger partial charge on any atom is 0.433 e. The Kier molecular flexibility index (Phi) is 5.50. The molecule has 0 aliphatic carbocycles. The van der Waals surface area contributed by atoms with Crippen molar-refractivity contribution in [2.24, 2.45) is 5.73 Å². The van der Waals surface area contributed by atoms with Gasteiger partial charge in [0.05, 0.1) is 12.7 Å². The van der Waals surface area contributed by atoms with Crippen molar-refractivity contribution in [2.75, 3.05) is 5.32 Å². The minimum Gasteiger partial charge on any atom is -0.381 e. The molecule has 8 nitrogen and oxygen atoms in total. The number of nitrogens with zero attached hydrogens (tertiary/aromatic N) is 4. The minimum atomic E-state index is -4.57. The van der Waals surface area contributed by atoms with Crippen molar-refractivity contribution in [1.82, 2.24) is 19.7 Å². The molecule has 0 saturated heterocycles. The second-order valence-electron chi connectivity index (χ2n) is 6.35. The molecule has 0 saturated carbocycles. The standard InChI is InChI=1S/C18H17F3N6O2/c1-10-4-11(12-7-24-27(8-12)9-14(28)16(22)29)6-13(5-10)25-17-23-3-2-15(26-17)18(19,20)21/h2-8,14,28H,9H2,1H3,(H2,22,29)(H,23,25,26)/t14-/m0/s1. The summed E-state index contributed by atoms with van der Waals surface area (Å²) < 4.78 is 39.8. The molecule has 152 valence electrons. The molecule has 3 rings (SSSR count). The summed E-state index contributed by atoms with van der Waals surface area (Å²) in [4.78, 5) is 18.3. The van der Waals surface area contributed by atoms with E-state index in [0.29, 0.717) is 11.3 Å². The maximum absolute atomic E-state index is 12.8. The Morgan fingerprint density at radius 1 is 1.31 bits per heavy atom. The number of amides is 1. The lowest BCUT2D eigenvalue weighted by Gasteiger charge is -2.10. The number of rotatable bonds is 6. The van der Waals surface area contributed by atoms with Gasteiger partial charge in [0, 0.05) is 23.6 Å². The van der Waals surface area contributed by atoms with Crippen molar-refractivity contribution in [2.45, 2.75) is 25.7 Å². The number of aromatic nitrogens is 4. The highest BCUT2D eigenvalue weighted by Gasteiger charge is 2.32. The summed E-state index contributed by atoms with van der Waals surface area (Å²) in [7, 11) is 0. The molecule has 4 N–H and O–H groups in total. The van der Waals surface area contributed by atoms with Crippen LogP contribution in [0.3, 0.4) is 0 Å².